The zero-order chi connectivity index (χ0) is 17.1. The van der Waals surface area contributed by atoms with E-state index in [-0.39, 0.29) is 0 Å². The van der Waals surface area contributed by atoms with E-state index < -0.39 is 0 Å². The minimum Gasteiger partial charge on any atom is -0.486 e. The molecule has 0 aromatic heterocycles. The summed E-state index contributed by atoms with van der Waals surface area (Å²) in [5, 5.41) is 3.40. The highest BCUT2D eigenvalue weighted by Crippen LogP contribution is 2.40. The summed E-state index contributed by atoms with van der Waals surface area (Å²) in [7, 11) is 0. The molecule has 4 rings (SSSR count). The van der Waals surface area contributed by atoms with E-state index in [1.54, 1.807) is 0 Å². The van der Waals surface area contributed by atoms with Gasteiger partial charge in [0.1, 0.15) is 13.2 Å². The molecule has 0 amide bonds. The molecule has 0 spiro atoms. The third-order valence-electron chi connectivity index (χ3n) is 4.24. The molecule has 0 saturated heterocycles. The Kier molecular flexibility index (Phi) is 4.27. The molecule has 0 atom stereocenters. The summed E-state index contributed by atoms with van der Waals surface area (Å²) < 4.78 is 11.5. The van der Waals surface area contributed by atoms with Crippen molar-refractivity contribution in [1.29, 1.82) is 0 Å². The van der Waals surface area contributed by atoms with Crippen LogP contribution < -0.4 is 20.5 Å². The number of rotatable bonds is 4. The van der Waals surface area contributed by atoms with Gasteiger partial charge in [0.15, 0.2) is 11.5 Å². The lowest BCUT2D eigenvalue weighted by atomic mass is 10.0. The number of para-hydroxylation sites is 1. The number of fused-ring (bicyclic) bond motifs is 1. The maximum Gasteiger partial charge on any atom is 0.169 e. The first-order chi connectivity index (χ1) is 12.3. The number of benzene rings is 3. The summed E-state index contributed by atoms with van der Waals surface area (Å²) in [4.78, 5) is 0. The lowest BCUT2D eigenvalue weighted by Gasteiger charge is -2.21. The smallest absolute Gasteiger partial charge is 0.169 e. The number of hydrogen-bond donors (Lipinski definition) is 2. The largest absolute Gasteiger partial charge is 0.486 e. The second-order valence-corrected chi connectivity index (χ2v) is 5.93. The van der Waals surface area contributed by atoms with Crippen molar-refractivity contribution in [2.75, 3.05) is 18.5 Å². The molecule has 25 heavy (non-hydrogen) atoms. The normalized spacial score (nSPS) is 12.7. The van der Waals surface area contributed by atoms with Crippen LogP contribution in [0.3, 0.4) is 0 Å². The molecule has 1 aliphatic rings. The van der Waals surface area contributed by atoms with Gasteiger partial charge in [0.2, 0.25) is 0 Å². The van der Waals surface area contributed by atoms with E-state index in [1.807, 2.05) is 36.4 Å². The van der Waals surface area contributed by atoms with Gasteiger partial charge in [0, 0.05) is 23.5 Å². The Bertz CT molecular complexity index is 858. The number of anilines is 2. The van der Waals surface area contributed by atoms with Crippen LogP contribution in [0.25, 0.3) is 11.1 Å². The maximum absolute atomic E-state index is 5.81. The van der Waals surface area contributed by atoms with Crippen molar-refractivity contribution in [2.45, 2.75) is 6.54 Å². The van der Waals surface area contributed by atoms with Crippen LogP contribution in [0.5, 0.6) is 11.5 Å². The molecule has 4 heteroatoms. The summed E-state index contributed by atoms with van der Waals surface area (Å²) in [5.74, 6) is 1.64. The molecule has 126 valence electrons. The molecule has 3 aromatic carbocycles. The van der Waals surface area contributed by atoms with Crippen molar-refractivity contribution < 1.29 is 9.47 Å². The van der Waals surface area contributed by atoms with Gasteiger partial charge in [-0.2, -0.15) is 0 Å². The summed E-state index contributed by atoms with van der Waals surface area (Å²) in [6.45, 7) is 1.74. The Morgan fingerprint density at radius 1 is 0.800 bits per heavy atom. The zero-order valence-corrected chi connectivity index (χ0v) is 13.9. The topological polar surface area (TPSA) is 56.5 Å². The molecule has 0 fully saturated rings. The van der Waals surface area contributed by atoms with Gasteiger partial charge in [-0.1, -0.05) is 36.4 Å². The van der Waals surface area contributed by atoms with E-state index in [9.17, 15) is 0 Å². The Morgan fingerprint density at radius 2 is 1.48 bits per heavy atom. The first-order valence-electron chi connectivity index (χ1n) is 8.38. The first-order valence-corrected chi connectivity index (χ1v) is 8.38. The highest BCUT2D eigenvalue weighted by Gasteiger charge is 2.16. The van der Waals surface area contributed by atoms with Crippen LogP contribution in [0.1, 0.15) is 5.56 Å². The van der Waals surface area contributed by atoms with Crippen LogP contribution in [-0.2, 0) is 6.54 Å². The summed E-state index contributed by atoms with van der Waals surface area (Å²) in [6, 6.07) is 22.4. The Hall–Kier alpha value is -2.98. The van der Waals surface area contributed by atoms with Gasteiger partial charge in [-0.3, -0.25) is 0 Å². The van der Waals surface area contributed by atoms with Crippen LogP contribution >= 0.6 is 0 Å². The number of hydrogen-bond acceptors (Lipinski definition) is 4. The fraction of sp³-hybridized carbons (Fsp3) is 0.143. The van der Waals surface area contributed by atoms with Gasteiger partial charge in [-0.05, 0) is 41.5 Å². The second-order valence-electron chi connectivity index (χ2n) is 5.93. The number of ether oxygens (including phenoxy) is 2. The van der Waals surface area contributed by atoms with E-state index in [2.05, 4.69) is 35.6 Å². The minimum absolute atomic E-state index is 0.558. The Labute approximate surface area is 147 Å². The molecule has 0 bridgehead atoms. The third-order valence-corrected chi connectivity index (χ3v) is 4.24. The molecule has 0 saturated carbocycles. The zero-order valence-electron chi connectivity index (χ0n) is 13.9. The molecular weight excluding hydrogens is 312 g/mol. The predicted molar refractivity (Wildman–Crippen MR) is 100 cm³/mol. The lowest BCUT2D eigenvalue weighted by molar-refractivity contribution is 0.172. The highest BCUT2D eigenvalue weighted by molar-refractivity contribution is 5.75. The maximum atomic E-state index is 5.81. The van der Waals surface area contributed by atoms with Gasteiger partial charge in [0.25, 0.3) is 0 Å². The summed E-state index contributed by atoms with van der Waals surface area (Å²) >= 11 is 0. The lowest BCUT2D eigenvalue weighted by Crippen LogP contribution is -2.15. The predicted octanol–water partition coefficient (Wildman–Crippen LogP) is 4.33. The van der Waals surface area contributed by atoms with E-state index in [1.165, 1.54) is 0 Å². The van der Waals surface area contributed by atoms with E-state index in [0.29, 0.717) is 19.8 Å². The Morgan fingerprint density at radius 3 is 2.20 bits per heavy atom. The monoisotopic (exact) mass is 332 g/mol. The molecule has 3 N–H and O–H groups in total. The SMILES string of the molecule is NCc1ccc(Nc2ccc(-c3cccc4c3OCCO4)cc2)cc1. The van der Waals surface area contributed by atoms with E-state index in [4.69, 9.17) is 15.2 Å². The third kappa shape index (κ3) is 3.30. The molecule has 0 aliphatic carbocycles. The van der Waals surface area contributed by atoms with Crippen molar-refractivity contribution in [1.82, 2.24) is 0 Å². The van der Waals surface area contributed by atoms with Crippen LogP contribution in [0, 0.1) is 0 Å². The van der Waals surface area contributed by atoms with Crippen LogP contribution in [0.4, 0.5) is 11.4 Å². The van der Waals surface area contributed by atoms with Crippen LogP contribution in [0.15, 0.2) is 66.7 Å². The van der Waals surface area contributed by atoms with Crippen LogP contribution in [0.2, 0.25) is 0 Å². The molecule has 4 nitrogen and oxygen atoms in total. The standard InChI is InChI=1S/C21H20N2O2/c22-14-15-4-8-17(9-5-15)23-18-10-6-16(7-11-18)19-2-1-3-20-21(19)25-13-12-24-20/h1-11,23H,12-14,22H2. The fourth-order valence-corrected chi connectivity index (χ4v) is 2.92. The molecule has 1 heterocycles. The van der Waals surface area contributed by atoms with Gasteiger partial charge in [0.05, 0.1) is 0 Å². The van der Waals surface area contributed by atoms with Gasteiger partial charge < -0.3 is 20.5 Å². The molecule has 1 aliphatic heterocycles. The van der Waals surface area contributed by atoms with Gasteiger partial charge in [-0.15, -0.1) is 0 Å². The number of nitrogens with two attached hydrogens (primary N) is 1. The first kappa shape index (κ1) is 15.5. The van der Waals surface area contributed by atoms with Crippen molar-refractivity contribution in [3.8, 4) is 22.6 Å². The molecule has 3 aromatic rings. The average molecular weight is 332 g/mol. The van der Waals surface area contributed by atoms with E-state index in [0.717, 1.165) is 39.6 Å². The molecule has 0 radical (unpaired) electrons. The average Bonchev–Trinajstić information content (AvgIpc) is 2.69. The van der Waals surface area contributed by atoms with Gasteiger partial charge >= 0.3 is 0 Å². The molecule has 0 unspecified atom stereocenters. The van der Waals surface area contributed by atoms with E-state index >= 15 is 0 Å². The fourth-order valence-electron chi connectivity index (χ4n) is 2.92. The van der Waals surface area contributed by atoms with Crippen LogP contribution in [-0.4, -0.2) is 13.2 Å². The van der Waals surface area contributed by atoms with Crippen molar-refractivity contribution >= 4 is 11.4 Å². The quantitative estimate of drug-likeness (QED) is 0.747. The van der Waals surface area contributed by atoms with Crippen molar-refractivity contribution in [3.05, 3.63) is 72.3 Å². The molecular formula is C21H20N2O2. The Balaban J connectivity index is 1.56. The van der Waals surface area contributed by atoms with Crippen molar-refractivity contribution in [2.24, 2.45) is 5.73 Å². The number of nitrogens with one attached hydrogen (secondary N) is 1. The summed E-state index contributed by atoms with van der Waals surface area (Å²) in [5.41, 5.74) is 11.0. The van der Waals surface area contributed by atoms with Crippen molar-refractivity contribution in [3.63, 3.8) is 0 Å². The highest BCUT2D eigenvalue weighted by atomic mass is 16.6. The summed E-state index contributed by atoms with van der Waals surface area (Å²) in [6.07, 6.45) is 0. The van der Waals surface area contributed by atoms with Gasteiger partial charge in [-0.25, -0.2) is 0 Å². The second kappa shape index (κ2) is 6.87. The minimum atomic E-state index is 0.558.